The summed E-state index contributed by atoms with van der Waals surface area (Å²) in [5.41, 5.74) is -0.939. The fraction of sp³-hybridized carbons (Fsp3) is 0.200. The maximum absolute atomic E-state index is 10.4. The first-order valence-corrected chi connectivity index (χ1v) is 5.21. The average Bonchev–Trinajstić information content (AvgIpc) is 2.32. The molecular weight excluding hydrogens is 186 g/mol. The Morgan fingerprint density at radius 2 is 1.82 bits per heavy atom. The van der Waals surface area contributed by atoms with Crippen LogP contribution in [0.3, 0.4) is 0 Å². The normalized spacial score (nSPS) is 21.5. The van der Waals surface area contributed by atoms with E-state index in [1.165, 1.54) is 18.2 Å². The maximum atomic E-state index is 10.4. The van der Waals surface area contributed by atoms with E-state index in [0.717, 1.165) is 0 Å². The van der Waals surface area contributed by atoms with E-state index < -0.39 is 21.0 Å². The topological polar surface area (TPSA) is 68.3 Å². The molecule has 4 nitrogen and oxygen atoms in total. The van der Waals surface area contributed by atoms with E-state index in [1.807, 2.05) is 0 Å². The lowest BCUT2D eigenvalue weighted by atomic mass is 10.5. The van der Waals surface area contributed by atoms with Crippen molar-refractivity contribution in [2.75, 3.05) is 0 Å². The van der Waals surface area contributed by atoms with Gasteiger partial charge in [-0.3, -0.25) is 0 Å². The summed E-state index contributed by atoms with van der Waals surface area (Å²) >= 11 is 0. The van der Waals surface area contributed by atoms with Gasteiger partial charge in [0.25, 0.3) is 0 Å². The van der Waals surface area contributed by atoms with Gasteiger partial charge in [-0.05, 0) is 6.08 Å². The van der Waals surface area contributed by atoms with Crippen molar-refractivity contribution in [1.29, 1.82) is 0 Å². The second kappa shape index (κ2) is 3.12. The number of hydrogen-bond donors (Lipinski definition) is 0. The van der Waals surface area contributed by atoms with Crippen LogP contribution in [0.5, 0.6) is 0 Å². The van der Waals surface area contributed by atoms with Gasteiger partial charge in [0.2, 0.25) is 0 Å². The van der Waals surface area contributed by atoms with Gasteiger partial charge in [0.05, 0.1) is 5.31 Å². The van der Waals surface area contributed by atoms with Gasteiger partial charge in [0.15, 0.2) is 0 Å². The first kappa shape index (κ1) is 8.38. The Morgan fingerprint density at radius 3 is 2.18 bits per heavy atom. The highest BCUT2D eigenvalue weighted by molar-refractivity contribution is 7.40. The van der Waals surface area contributed by atoms with Crippen LogP contribution in [-0.2, 0) is 18.3 Å². The van der Waals surface area contributed by atoms with Crippen LogP contribution in [0.25, 0.3) is 0 Å². The minimum absolute atomic E-state index is 0.0453. The third-order valence-corrected chi connectivity index (χ3v) is 3.26. The van der Waals surface area contributed by atoms with E-state index in [-0.39, 0.29) is 5.31 Å². The summed E-state index contributed by atoms with van der Waals surface area (Å²) in [6.45, 7) is 0. The van der Waals surface area contributed by atoms with Crippen molar-refractivity contribution in [1.82, 2.24) is 0 Å². The molecule has 58 valence electrons. The standard InChI is InChI=1S/C5H4O4P2/c6-10(7)4-2-1-3-5(4)11(8)9/h1-4H. The molecule has 1 aliphatic rings. The Balaban J connectivity index is 3.04. The van der Waals surface area contributed by atoms with Crippen molar-refractivity contribution in [2.24, 2.45) is 0 Å². The number of allylic oxidation sites excluding steroid dienone is 4. The Hall–Kier alpha value is -0.720. The van der Waals surface area contributed by atoms with Gasteiger partial charge in [-0.25, -0.2) is 18.3 Å². The third kappa shape index (κ3) is 1.65. The molecule has 1 atom stereocenters. The molecule has 0 spiro atoms. The van der Waals surface area contributed by atoms with Gasteiger partial charge in [-0.2, -0.15) is 0 Å². The van der Waals surface area contributed by atoms with Crippen molar-refractivity contribution in [3.63, 3.8) is 0 Å². The van der Waals surface area contributed by atoms with Crippen LogP contribution in [0.2, 0.25) is 0 Å². The van der Waals surface area contributed by atoms with Crippen LogP contribution in [0.4, 0.5) is 0 Å². The van der Waals surface area contributed by atoms with E-state index in [9.17, 15) is 18.3 Å². The zero-order valence-electron chi connectivity index (χ0n) is 5.34. The zero-order chi connectivity index (χ0) is 8.43. The van der Waals surface area contributed by atoms with Crippen LogP contribution in [0.15, 0.2) is 23.5 Å². The van der Waals surface area contributed by atoms with Crippen LogP contribution >= 0.6 is 15.4 Å². The third-order valence-electron chi connectivity index (χ3n) is 1.30. The molecule has 0 saturated carbocycles. The van der Waals surface area contributed by atoms with Gasteiger partial charge in [0.1, 0.15) is 5.66 Å². The summed E-state index contributed by atoms with van der Waals surface area (Å²) in [5.74, 6) is 0. The summed E-state index contributed by atoms with van der Waals surface area (Å²) in [4.78, 5) is 0. The highest BCUT2D eigenvalue weighted by atomic mass is 31.1. The van der Waals surface area contributed by atoms with E-state index in [0.29, 0.717) is 0 Å². The molecule has 0 heterocycles. The molecule has 0 N–H and O–H groups in total. The van der Waals surface area contributed by atoms with Crippen LogP contribution in [0, 0.1) is 0 Å². The molecule has 0 aliphatic heterocycles. The molecule has 0 saturated heterocycles. The molecule has 11 heavy (non-hydrogen) atoms. The minimum Gasteiger partial charge on any atom is -0.236 e. The molecule has 0 fully saturated rings. The molecule has 6 heteroatoms. The van der Waals surface area contributed by atoms with Crippen molar-refractivity contribution in [3.8, 4) is 0 Å². The van der Waals surface area contributed by atoms with Crippen LogP contribution < -0.4 is 0 Å². The molecule has 1 aliphatic carbocycles. The molecular formula is C5H4O4P2. The van der Waals surface area contributed by atoms with Gasteiger partial charge in [-0.1, -0.05) is 12.2 Å². The fourth-order valence-electron chi connectivity index (χ4n) is 0.804. The maximum Gasteiger partial charge on any atom is 0.346 e. The summed E-state index contributed by atoms with van der Waals surface area (Å²) < 4.78 is 41.5. The first-order chi connectivity index (χ1) is 5.13. The second-order valence-electron chi connectivity index (χ2n) is 1.96. The van der Waals surface area contributed by atoms with E-state index >= 15 is 0 Å². The number of rotatable bonds is 2. The van der Waals surface area contributed by atoms with Gasteiger partial charge < -0.3 is 0 Å². The SMILES string of the molecule is O=P(=O)C1=CC=CC1P(=O)=O. The Morgan fingerprint density at radius 1 is 1.18 bits per heavy atom. The molecule has 0 bridgehead atoms. The van der Waals surface area contributed by atoms with Crippen LogP contribution in [0.1, 0.15) is 0 Å². The summed E-state index contributed by atoms with van der Waals surface area (Å²) in [5, 5.41) is -0.0453. The smallest absolute Gasteiger partial charge is 0.236 e. The minimum atomic E-state index is -2.76. The highest BCUT2D eigenvalue weighted by Crippen LogP contribution is 2.37. The molecule has 0 amide bonds. The predicted molar refractivity (Wildman–Crippen MR) is 37.6 cm³/mol. The van der Waals surface area contributed by atoms with E-state index in [1.54, 1.807) is 0 Å². The Kier molecular flexibility index (Phi) is 2.38. The molecule has 0 aromatic rings. The summed E-state index contributed by atoms with van der Waals surface area (Å²) in [7, 11) is -5.47. The zero-order valence-corrected chi connectivity index (χ0v) is 7.13. The molecule has 0 aromatic carbocycles. The Bertz CT molecular complexity index is 343. The van der Waals surface area contributed by atoms with Crippen LogP contribution in [-0.4, -0.2) is 5.66 Å². The average molecular weight is 190 g/mol. The van der Waals surface area contributed by atoms with E-state index in [4.69, 9.17) is 0 Å². The van der Waals surface area contributed by atoms with Crippen molar-refractivity contribution < 1.29 is 18.3 Å². The highest BCUT2D eigenvalue weighted by Gasteiger charge is 2.23. The lowest BCUT2D eigenvalue weighted by Gasteiger charge is -1.91. The summed E-state index contributed by atoms with van der Waals surface area (Å²) in [6, 6.07) is 0. The molecule has 0 aromatic heterocycles. The molecule has 1 unspecified atom stereocenters. The molecule has 1 rings (SSSR count). The second-order valence-corrected chi connectivity index (χ2v) is 4.12. The molecule has 0 radical (unpaired) electrons. The predicted octanol–water partition coefficient (Wildman–Crippen LogP) is 2.15. The van der Waals surface area contributed by atoms with Gasteiger partial charge in [-0.15, -0.1) is 0 Å². The Labute approximate surface area is 63.6 Å². The first-order valence-electron chi connectivity index (χ1n) is 2.79. The van der Waals surface area contributed by atoms with Crippen molar-refractivity contribution in [2.45, 2.75) is 5.66 Å². The summed E-state index contributed by atoms with van der Waals surface area (Å²) in [6.07, 6.45) is 4.06. The van der Waals surface area contributed by atoms with E-state index in [2.05, 4.69) is 0 Å². The lowest BCUT2D eigenvalue weighted by molar-refractivity contribution is 0.508. The van der Waals surface area contributed by atoms with Gasteiger partial charge in [0, 0.05) is 0 Å². The fourth-order valence-corrected chi connectivity index (χ4v) is 2.42. The largest absolute Gasteiger partial charge is 0.346 e. The number of hydrogen-bond acceptors (Lipinski definition) is 4. The quantitative estimate of drug-likeness (QED) is 0.625. The van der Waals surface area contributed by atoms with Crippen molar-refractivity contribution >= 4 is 15.4 Å². The lowest BCUT2D eigenvalue weighted by Crippen LogP contribution is -1.89. The van der Waals surface area contributed by atoms with Crippen molar-refractivity contribution in [3.05, 3.63) is 23.5 Å². The van der Waals surface area contributed by atoms with Gasteiger partial charge >= 0.3 is 15.4 Å². The monoisotopic (exact) mass is 190 g/mol.